The highest BCUT2D eigenvalue weighted by Crippen LogP contribution is 2.33. The molecule has 6 N–H and O–H groups in total. The summed E-state index contributed by atoms with van der Waals surface area (Å²) in [6.45, 7) is 7.86. The summed E-state index contributed by atoms with van der Waals surface area (Å²) < 4.78 is 28.0. The quantitative estimate of drug-likeness (QED) is 0.0223. The number of nitrogens with one attached hydrogen (secondary N) is 6. The lowest BCUT2D eigenvalue weighted by molar-refractivity contribution is -0.137. The van der Waals surface area contributed by atoms with Gasteiger partial charge in [0.1, 0.15) is 17.3 Å². The van der Waals surface area contributed by atoms with Crippen LogP contribution in [0.25, 0.3) is 0 Å². The van der Waals surface area contributed by atoms with Gasteiger partial charge in [0, 0.05) is 73.1 Å². The first kappa shape index (κ1) is 53.3. The number of rotatable bonds is 29. The van der Waals surface area contributed by atoms with Gasteiger partial charge in [-0.25, -0.2) is 9.98 Å². The molecule has 0 bridgehead atoms. The third-order valence-electron chi connectivity index (χ3n) is 13.8. The SMILES string of the molecule is C[C@@H](NC(=O)c1cccc(NC2(C3=[N+]=C(c4ccncc4)N3)CCNCC2)c1)c1ccc(OCCCCCCOCCOCCOCCCCCC(=O)Nc2cccc3c2CN(C2CCC(=O)NC2=O)C3=O)cc1. The van der Waals surface area contributed by atoms with E-state index in [1.807, 2.05) is 67.6 Å². The molecule has 0 saturated carbocycles. The van der Waals surface area contributed by atoms with Crippen LogP contribution in [0.4, 0.5) is 11.4 Å². The predicted molar refractivity (Wildman–Crippen MR) is 282 cm³/mol. The van der Waals surface area contributed by atoms with Crippen LogP contribution in [-0.2, 0) is 35.1 Å². The maximum absolute atomic E-state index is 13.5. The summed E-state index contributed by atoms with van der Waals surface area (Å²) in [7, 11) is 0. The van der Waals surface area contributed by atoms with E-state index in [-0.39, 0.29) is 54.6 Å². The Kier molecular flexibility index (Phi) is 19.3. The molecule has 5 amide bonds. The number of anilines is 2. The molecule has 1 aromatic heterocycles. The number of ether oxygens (including phenoxy) is 4. The molecule has 2 fully saturated rings. The number of fused-ring (bicyclic) bond motifs is 1. The van der Waals surface area contributed by atoms with Crippen LogP contribution < -0.4 is 41.3 Å². The van der Waals surface area contributed by atoms with Gasteiger partial charge in [0.25, 0.3) is 11.8 Å². The number of hydrogen-bond donors (Lipinski definition) is 6. The molecule has 1 unspecified atom stereocenters. The lowest BCUT2D eigenvalue weighted by Crippen LogP contribution is -2.64. The minimum atomic E-state index is -0.704. The van der Waals surface area contributed by atoms with E-state index in [1.165, 1.54) is 4.90 Å². The summed E-state index contributed by atoms with van der Waals surface area (Å²) in [5, 5.41) is 19.1. The van der Waals surface area contributed by atoms with Crippen molar-refractivity contribution < 1.29 is 42.9 Å². The number of unbranched alkanes of at least 4 members (excludes halogenated alkanes) is 5. The molecule has 2 saturated heterocycles. The number of carbonyl (C=O) groups is 5. The number of nitrogens with zero attached hydrogens (tertiary/aromatic N) is 3. The van der Waals surface area contributed by atoms with Gasteiger partial charge >= 0.3 is 11.7 Å². The first-order chi connectivity index (χ1) is 36.2. The van der Waals surface area contributed by atoms with Crippen LogP contribution in [0.3, 0.4) is 0 Å². The zero-order chi connectivity index (χ0) is 51.5. The van der Waals surface area contributed by atoms with Crippen LogP contribution in [0.15, 0.2) is 91.3 Å². The molecular formula is C56H70N9O9+. The van der Waals surface area contributed by atoms with E-state index in [9.17, 15) is 24.0 Å². The Hall–Kier alpha value is -6.95. The van der Waals surface area contributed by atoms with Gasteiger partial charge in [-0.1, -0.05) is 37.1 Å². The molecule has 74 heavy (non-hydrogen) atoms. The average Bonchev–Trinajstić information content (AvgIpc) is 3.74. The van der Waals surface area contributed by atoms with E-state index in [1.54, 1.807) is 30.6 Å². The van der Waals surface area contributed by atoms with E-state index in [2.05, 4.69) is 36.9 Å². The van der Waals surface area contributed by atoms with Gasteiger partial charge in [0.2, 0.25) is 17.7 Å². The molecule has 0 radical (unpaired) electrons. The van der Waals surface area contributed by atoms with Crippen molar-refractivity contribution in [1.29, 1.82) is 0 Å². The number of benzene rings is 3. The van der Waals surface area contributed by atoms with Crippen molar-refractivity contribution in [2.75, 3.05) is 70.0 Å². The zero-order valence-corrected chi connectivity index (χ0v) is 42.4. The maximum atomic E-state index is 13.5. The Morgan fingerprint density at radius 2 is 1.47 bits per heavy atom. The second kappa shape index (κ2) is 26.8. The number of aromatic nitrogens is 1. The van der Waals surface area contributed by atoms with Gasteiger partial charge in [0.15, 0.2) is 0 Å². The Morgan fingerprint density at radius 3 is 2.19 bits per heavy atom. The van der Waals surface area contributed by atoms with Crippen LogP contribution in [0.1, 0.15) is 127 Å². The second-order valence-corrected chi connectivity index (χ2v) is 19.2. The molecule has 392 valence electrons. The number of amides is 5. The minimum Gasteiger partial charge on any atom is -0.494 e. The summed E-state index contributed by atoms with van der Waals surface area (Å²) in [4.78, 5) is 68.8. The highest BCUT2D eigenvalue weighted by Gasteiger charge is 2.46. The smallest absolute Gasteiger partial charge is 0.324 e. The van der Waals surface area contributed by atoms with Crippen LogP contribution in [0.5, 0.6) is 5.75 Å². The number of piperidine rings is 2. The van der Waals surface area contributed by atoms with Crippen molar-refractivity contribution in [3.05, 3.63) is 119 Å². The van der Waals surface area contributed by atoms with Crippen LogP contribution in [-0.4, -0.2) is 122 Å². The first-order valence-corrected chi connectivity index (χ1v) is 26.2. The number of hydrogen-bond acceptors (Lipinski definition) is 13. The second-order valence-electron chi connectivity index (χ2n) is 19.2. The molecule has 5 heterocycles. The van der Waals surface area contributed by atoms with Crippen LogP contribution >= 0.6 is 0 Å². The molecule has 2 atom stereocenters. The zero-order valence-electron chi connectivity index (χ0n) is 42.4. The molecule has 4 aliphatic heterocycles. The third-order valence-corrected chi connectivity index (χ3v) is 13.8. The van der Waals surface area contributed by atoms with Gasteiger partial charge < -0.3 is 45.1 Å². The normalized spacial score (nSPS) is 17.2. The third kappa shape index (κ3) is 14.6. The molecule has 0 spiro atoms. The molecule has 18 heteroatoms. The van der Waals surface area contributed by atoms with E-state index in [4.69, 9.17) is 23.6 Å². The first-order valence-electron chi connectivity index (χ1n) is 26.2. The standard InChI is InChI=1S/C56H69N9O9/c1-39(59-52(68)42-11-9-12-43(37-42)64-56(24-28-58-29-25-56)55-62-51(63-55)41-22-26-57-27-23-41)40-16-18-44(19-17-40)74-32-8-3-2-6-30-71-33-35-73-36-34-72-31-7-4-5-15-49(66)60-47-14-10-13-45-46(47)38-65(54(45)70)48-20-21-50(67)61-53(48)69/h9-14,16-19,22-23,26-27,37,39,48,58,64H,2-8,15,20-21,24-25,28-36,38H2,1H3,(H3,59,60,61,66,67,68,69)/p+1/t39-,48?/m1/s1. The topological polar surface area (TPSA) is 225 Å². The fraction of sp³-hybridized carbons (Fsp3) is 0.464. The van der Waals surface area contributed by atoms with Crippen LogP contribution in [0, 0.1) is 0 Å². The summed E-state index contributed by atoms with van der Waals surface area (Å²) in [6, 6.07) is 23.7. The monoisotopic (exact) mass is 1010 g/mol. The van der Waals surface area contributed by atoms with Crippen molar-refractivity contribution in [2.24, 2.45) is 0 Å². The number of carbonyl (C=O) groups excluding carboxylic acids is 5. The Morgan fingerprint density at radius 1 is 0.797 bits per heavy atom. The number of imide groups is 1. The van der Waals surface area contributed by atoms with Gasteiger partial charge in [0.05, 0.1) is 44.6 Å². The van der Waals surface area contributed by atoms with Crippen LogP contribution in [0.2, 0.25) is 0 Å². The Labute approximate surface area is 432 Å². The molecule has 4 aromatic rings. The van der Waals surface area contributed by atoms with Crippen molar-refractivity contribution in [2.45, 2.75) is 108 Å². The van der Waals surface area contributed by atoms with Gasteiger partial charge in [-0.15, -0.1) is 0 Å². The highest BCUT2D eigenvalue weighted by molar-refractivity contribution is 6.19. The summed E-state index contributed by atoms with van der Waals surface area (Å²) in [5.74, 6) is 1.21. The molecule has 18 nitrogen and oxygen atoms in total. The van der Waals surface area contributed by atoms with Crippen molar-refractivity contribution in [3.63, 3.8) is 0 Å². The van der Waals surface area contributed by atoms with Crippen molar-refractivity contribution in [1.82, 2.24) is 35.8 Å². The lowest BCUT2D eigenvalue weighted by Gasteiger charge is -2.37. The van der Waals surface area contributed by atoms with Crippen molar-refractivity contribution >= 4 is 52.6 Å². The van der Waals surface area contributed by atoms with Crippen molar-refractivity contribution in [3.8, 4) is 5.75 Å². The maximum Gasteiger partial charge on any atom is 0.324 e. The molecular weight excluding hydrogens is 943 g/mol. The fourth-order valence-electron chi connectivity index (χ4n) is 9.58. The summed E-state index contributed by atoms with van der Waals surface area (Å²) >= 11 is 0. The molecule has 4 aliphatic rings. The molecule has 0 aliphatic carbocycles. The number of amidine groups is 2. The number of pyridine rings is 1. The minimum absolute atomic E-state index is 0.133. The van der Waals surface area contributed by atoms with Gasteiger partial charge in [-0.2, -0.15) is 0 Å². The highest BCUT2D eigenvalue weighted by atomic mass is 16.5. The summed E-state index contributed by atoms with van der Waals surface area (Å²) in [6.07, 6.45) is 12.4. The van der Waals surface area contributed by atoms with E-state index >= 15 is 0 Å². The fourth-order valence-corrected chi connectivity index (χ4v) is 9.58. The molecule has 3 aromatic carbocycles. The van der Waals surface area contributed by atoms with E-state index in [0.717, 1.165) is 98.7 Å². The predicted octanol–water partition coefficient (Wildman–Crippen LogP) is 5.57. The summed E-state index contributed by atoms with van der Waals surface area (Å²) in [5.41, 5.74) is 4.80. The Balaban J connectivity index is 0.607. The van der Waals surface area contributed by atoms with Gasteiger partial charge in [-0.05, 0) is 132 Å². The van der Waals surface area contributed by atoms with E-state index < -0.39 is 11.9 Å². The average molecular weight is 1010 g/mol. The Bertz CT molecular complexity index is 2630. The van der Waals surface area contributed by atoms with Gasteiger partial charge in [-0.3, -0.25) is 34.3 Å². The largest absolute Gasteiger partial charge is 0.494 e. The van der Waals surface area contributed by atoms with E-state index in [0.29, 0.717) is 81.5 Å². The molecule has 8 rings (SSSR count). The lowest BCUT2D eigenvalue weighted by atomic mass is 9.85.